The summed E-state index contributed by atoms with van der Waals surface area (Å²) in [4.78, 5) is 0. The van der Waals surface area contributed by atoms with Gasteiger partial charge in [-0.25, -0.2) is 0 Å². The van der Waals surface area contributed by atoms with E-state index in [1.807, 2.05) is 121 Å². The maximum absolute atomic E-state index is 13.4. The highest BCUT2D eigenvalue weighted by Gasteiger charge is 2.31. The van der Waals surface area contributed by atoms with Gasteiger partial charge in [-0.1, -0.05) is 121 Å². The normalized spacial score (nSPS) is 11.7. The SMILES string of the molecule is COc1cc(P(c2ccccc2)c2ccccc2)c(O)c2c1cc(OC)c1ccc3c(OC)c(OC)c4ccc5c(OC)cc6c(OC)cc(P(c7ccccc7)c7ccccc7)c(O)c6c5c4c3c12. The Morgan fingerprint density at radius 1 is 0.286 bits per heavy atom. The maximum Gasteiger partial charge on any atom is 0.169 e. The van der Waals surface area contributed by atoms with Crippen LogP contribution < -0.4 is 60.2 Å². The third kappa shape index (κ3) is 6.96. The van der Waals surface area contributed by atoms with Gasteiger partial charge in [-0.15, -0.1) is 0 Å². The summed E-state index contributed by atoms with van der Waals surface area (Å²) in [6.07, 6.45) is 0. The van der Waals surface area contributed by atoms with Crippen LogP contribution >= 0.6 is 15.8 Å². The van der Waals surface area contributed by atoms with E-state index in [0.29, 0.717) is 77.6 Å². The van der Waals surface area contributed by atoms with Crippen LogP contribution in [0.1, 0.15) is 0 Å². The minimum absolute atomic E-state index is 0.114. The van der Waals surface area contributed by atoms with Gasteiger partial charge in [0, 0.05) is 75.2 Å². The number of aromatic hydroxyl groups is 2. The van der Waals surface area contributed by atoms with Crippen molar-refractivity contribution in [2.24, 2.45) is 0 Å². The van der Waals surface area contributed by atoms with Crippen molar-refractivity contribution in [1.29, 1.82) is 0 Å². The second kappa shape index (κ2) is 18.3. The molecule has 10 heteroatoms. The Bertz CT molecular complexity index is 3480. The van der Waals surface area contributed by atoms with Gasteiger partial charge >= 0.3 is 0 Å². The monoisotopic (exact) mass is 958 g/mol. The molecule has 0 saturated carbocycles. The smallest absolute Gasteiger partial charge is 0.169 e. The van der Waals surface area contributed by atoms with Crippen molar-refractivity contribution in [3.8, 4) is 46.0 Å². The molecule has 11 rings (SSSR count). The number of rotatable bonds is 12. The lowest BCUT2D eigenvalue weighted by molar-refractivity contribution is 0.362. The van der Waals surface area contributed by atoms with Gasteiger partial charge < -0.3 is 38.6 Å². The average molecular weight is 959 g/mol. The van der Waals surface area contributed by atoms with E-state index in [1.165, 1.54) is 0 Å². The largest absolute Gasteiger partial charge is 0.507 e. The van der Waals surface area contributed by atoms with Crippen LogP contribution in [0.5, 0.6) is 46.0 Å². The first-order valence-electron chi connectivity index (χ1n) is 22.7. The topological polar surface area (TPSA) is 95.8 Å². The van der Waals surface area contributed by atoms with Gasteiger partial charge in [0.15, 0.2) is 11.5 Å². The molecule has 0 unspecified atom stereocenters. The van der Waals surface area contributed by atoms with Crippen molar-refractivity contribution in [3.05, 3.63) is 170 Å². The van der Waals surface area contributed by atoms with Crippen LogP contribution in [0.15, 0.2) is 170 Å². The second-order valence-electron chi connectivity index (χ2n) is 16.8. The van der Waals surface area contributed by atoms with Gasteiger partial charge in [0.05, 0.1) is 42.7 Å². The highest BCUT2D eigenvalue weighted by Crippen LogP contribution is 2.56. The van der Waals surface area contributed by atoms with Crippen LogP contribution in [0.3, 0.4) is 0 Å². The zero-order chi connectivity index (χ0) is 48.2. The summed E-state index contributed by atoms with van der Waals surface area (Å²) in [6, 6.07) is 57.1. The molecule has 0 fully saturated rings. The molecule has 8 nitrogen and oxygen atoms in total. The molecule has 0 heterocycles. The van der Waals surface area contributed by atoms with E-state index in [1.54, 1.807) is 42.7 Å². The van der Waals surface area contributed by atoms with Crippen LogP contribution in [0.4, 0.5) is 0 Å². The van der Waals surface area contributed by atoms with E-state index in [-0.39, 0.29) is 11.5 Å². The Morgan fingerprint density at radius 2 is 0.557 bits per heavy atom. The van der Waals surface area contributed by atoms with Gasteiger partial charge in [-0.3, -0.25) is 0 Å². The standard InChI is InChI=1S/C60H48O8P2/c1-63-45-31-43-47(65-3)33-49(69(35-19-11-7-12-20-35)36-21-13-8-14-22-36)57(61)55(43)51-39(45)27-29-41-53(51)54-42(60(68-6)59(41)67-5)30-28-40-46(64-2)32-44-48(66-4)34-50(58(62)56(44)52(40)54)70(37-23-15-9-16-24-37)38-25-17-10-18-26-38/h7-34,61-62H,1-6H3. The molecule has 0 aromatic heterocycles. The van der Waals surface area contributed by atoms with Crippen molar-refractivity contribution < 1.29 is 38.6 Å². The molecule has 70 heavy (non-hydrogen) atoms. The van der Waals surface area contributed by atoms with Crippen LogP contribution in [0.2, 0.25) is 0 Å². The fourth-order valence-electron chi connectivity index (χ4n) is 10.4. The summed E-state index contributed by atoms with van der Waals surface area (Å²) in [5, 5.41) is 40.7. The molecular weight excluding hydrogens is 911 g/mol. The van der Waals surface area contributed by atoms with E-state index in [0.717, 1.165) is 53.4 Å². The minimum atomic E-state index is -1.31. The molecule has 0 atom stereocenters. The molecule has 0 aliphatic carbocycles. The summed E-state index contributed by atoms with van der Waals surface area (Å²) < 4.78 is 37.9. The van der Waals surface area contributed by atoms with Crippen LogP contribution in [-0.4, -0.2) is 52.9 Å². The van der Waals surface area contributed by atoms with Crippen molar-refractivity contribution in [2.45, 2.75) is 0 Å². The molecule has 0 aliphatic rings. The number of hydrogen-bond donors (Lipinski definition) is 2. The molecule has 11 aromatic rings. The van der Waals surface area contributed by atoms with Gasteiger partial charge in [0.1, 0.15) is 34.5 Å². The van der Waals surface area contributed by atoms with Crippen LogP contribution in [-0.2, 0) is 0 Å². The molecule has 0 bridgehead atoms. The highest BCUT2D eigenvalue weighted by molar-refractivity contribution is 7.80. The number of hydrogen-bond acceptors (Lipinski definition) is 8. The zero-order valence-electron chi connectivity index (χ0n) is 39.4. The maximum atomic E-state index is 13.4. The zero-order valence-corrected chi connectivity index (χ0v) is 41.2. The predicted octanol–water partition coefficient (Wildman–Crippen LogP) is 11.6. The molecular formula is C60H48O8P2. The van der Waals surface area contributed by atoms with Crippen molar-refractivity contribution >= 4 is 112 Å². The van der Waals surface area contributed by atoms with Gasteiger partial charge in [0.2, 0.25) is 0 Å². The van der Waals surface area contributed by atoms with Crippen LogP contribution in [0, 0.1) is 0 Å². The lowest BCUT2D eigenvalue weighted by Gasteiger charge is -2.25. The molecule has 2 N–H and O–H groups in total. The fourth-order valence-corrected chi connectivity index (χ4v) is 15.1. The molecule has 0 aliphatic heterocycles. The number of benzene rings is 11. The Labute approximate surface area is 407 Å². The lowest BCUT2D eigenvalue weighted by atomic mass is 9.87. The van der Waals surface area contributed by atoms with E-state index in [9.17, 15) is 10.2 Å². The Morgan fingerprint density at radius 3 is 0.843 bits per heavy atom. The number of methoxy groups -OCH3 is 6. The number of ether oxygens (including phenoxy) is 6. The summed E-state index contributed by atoms with van der Waals surface area (Å²) in [5.41, 5.74) is 0. The van der Waals surface area contributed by atoms with Crippen molar-refractivity contribution in [3.63, 3.8) is 0 Å². The Kier molecular flexibility index (Phi) is 11.7. The van der Waals surface area contributed by atoms with E-state index in [2.05, 4.69) is 48.5 Å². The first-order valence-corrected chi connectivity index (χ1v) is 25.4. The van der Waals surface area contributed by atoms with Crippen molar-refractivity contribution in [1.82, 2.24) is 0 Å². The third-order valence-electron chi connectivity index (χ3n) is 13.3. The van der Waals surface area contributed by atoms with Crippen molar-refractivity contribution in [2.75, 3.05) is 42.7 Å². The molecule has 0 amide bonds. The van der Waals surface area contributed by atoms with E-state index >= 15 is 0 Å². The Balaban J connectivity index is 1.41. The molecule has 0 spiro atoms. The number of phenols is 2. The Hall–Kier alpha value is -7.76. The lowest BCUT2D eigenvalue weighted by Crippen LogP contribution is -2.21. The molecule has 346 valence electrons. The second-order valence-corrected chi connectivity index (χ2v) is 21.2. The fraction of sp³-hybridized carbons (Fsp3) is 0.100. The number of phenolic OH excluding ortho intramolecular Hbond substituents is 2. The van der Waals surface area contributed by atoms with Gasteiger partial charge in [-0.2, -0.15) is 0 Å². The average Bonchev–Trinajstić information content (AvgIpc) is 3.41. The predicted molar refractivity (Wildman–Crippen MR) is 292 cm³/mol. The molecule has 11 aromatic carbocycles. The highest BCUT2D eigenvalue weighted by atomic mass is 31.1. The summed E-state index contributed by atoms with van der Waals surface area (Å²) in [6.45, 7) is 0. The summed E-state index contributed by atoms with van der Waals surface area (Å²) in [5.74, 6) is 3.55. The van der Waals surface area contributed by atoms with E-state index in [4.69, 9.17) is 28.4 Å². The third-order valence-corrected chi connectivity index (χ3v) is 18.2. The molecule has 0 radical (unpaired) electrons. The first kappa shape index (κ1) is 44.7. The number of fused-ring (bicyclic) bond motifs is 11. The summed E-state index contributed by atoms with van der Waals surface area (Å²) >= 11 is 0. The van der Waals surface area contributed by atoms with Gasteiger partial charge in [-0.05, 0) is 85.6 Å². The quantitative estimate of drug-likeness (QED) is 0.0924. The first-order chi connectivity index (χ1) is 34.3. The molecule has 0 saturated heterocycles. The minimum Gasteiger partial charge on any atom is -0.507 e. The van der Waals surface area contributed by atoms with Gasteiger partial charge in [0.25, 0.3) is 0 Å². The van der Waals surface area contributed by atoms with E-state index < -0.39 is 15.8 Å². The van der Waals surface area contributed by atoms with Crippen LogP contribution in [0.25, 0.3) is 64.6 Å². The summed E-state index contributed by atoms with van der Waals surface area (Å²) in [7, 11) is 7.28.